The van der Waals surface area contributed by atoms with E-state index in [1.54, 1.807) is 0 Å². The van der Waals surface area contributed by atoms with Crippen molar-refractivity contribution in [3.63, 3.8) is 0 Å². The van der Waals surface area contributed by atoms with E-state index in [0.717, 1.165) is 50.1 Å². The lowest BCUT2D eigenvalue weighted by Gasteiger charge is -2.39. The van der Waals surface area contributed by atoms with Crippen LogP contribution in [0.5, 0.6) is 0 Å². The lowest BCUT2D eigenvalue weighted by molar-refractivity contribution is 0.0514. The molecule has 2 N–H and O–H groups in total. The van der Waals surface area contributed by atoms with Crippen molar-refractivity contribution >= 4 is 29.3 Å². The molecule has 0 aromatic heterocycles. The van der Waals surface area contributed by atoms with Crippen molar-refractivity contribution < 1.29 is 4.74 Å². The van der Waals surface area contributed by atoms with Crippen molar-refractivity contribution in [3.8, 4) is 0 Å². The van der Waals surface area contributed by atoms with E-state index < -0.39 is 0 Å². The molecular formula is C19H30ClN3OS. The number of nitrogens with one attached hydrogen (secondary N) is 2. The second-order valence-electron chi connectivity index (χ2n) is 7.12. The number of thioether (sulfide) groups is 1. The van der Waals surface area contributed by atoms with E-state index in [1.807, 2.05) is 30.9 Å². The van der Waals surface area contributed by atoms with Crippen LogP contribution in [0.3, 0.4) is 0 Å². The van der Waals surface area contributed by atoms with E-state index in [4.69, 9.17) is 16.3 Å². The highest BCUT2D eigenvalue weighted by atomic mass is 35.5. The van der Waals surface area contributed by atoms with Gasteiger partial charge in [0.25, 0.3) is 0 Å². The number of nitrogens with zero attached hydrogens (tertiary/aromatic N) is 1. The second-order valence-corrected chi connectivity index (χ2v) is 9.04. The first kappa shape index (κ1) is 20.4. The minimum absolute atomic E-state index is 0.0246. The molecule has 1 aliphatic heterocycles. The molecule has 0 radical (unpaired) electrons. The summed E-state index contributed by atoms with van der Waals surface area (Å²) in [5, 5.41) is 7.79. The summed E-state index contributed by atoms with van der Waals surface area (Å²) >= 11 is 8.36. The zero-order chi connectivity index (χ0) is 18.3. The fourth-order valence-electron chi connectivity index (χ4n) is 3.04. The molecular weight excluding hydrogens is 354 g/mol. The first-order valence-electron chi connectivity index (χ1n) is 8.75. The monoisotopic (exact) mass is 383 g/mol. The van der Waals surface area contributed by atoms with Crippen LogP contribution in [0.25, 0.3) is 0 Å². The van der Waals surface area contributed by atoms with Crippen LogP contribution in [0.4, 0.5) is 0 Å². The van der Waals surface area contributed by atoms with E-state index in [2.05, 4.69) is 47.9 Å². The number of hydrogen-bond donors (Lipinski definition) is 2. The first-order valence-corrected chi connectivity index (χ1v) is 10.4. The minimum Gasteiger partial charge on any atom is -0.381 e. The number of ether oxygens (including phenoxy) is 1. The van der Waals surface area contributed by atoms with E-state index in [-0.39, 0.29) is 10.2 Å². The maximum Gasteiger partial charge on any atom is 0.191 e. The Balaban J connectivity index is 2.09. The Morgan fingerprint density at radius 3 is 2.56 bits per heavy atom. The lowest BCUT2D eigenvalue weighted by atomic mass is 9.74. The SMILES string of the molecule is CN=C(NCC(C)(C)SC)NCC1(c2ccccc2Cl)CCOCC1. The predicted molar refractivity (Wildman–Crippen MR) is 110 cm³/mol. The number of hydrogen-bond acceptors (Lipinski definition) is 3. The Morgan fingerprint density at radius 2 is 1.96 bits per heavy atom. The van der Waals surface area contributed by atoms with E-state index in [0.29, 0.717) is 0 Å². The third-order valence-corrected chi connectivity index (χ3v) is 6.53. The number of guanidine groups is 1. The van der Waals surface area contributed by atoms with Crippen LogP contribution >= 0.6 is 23.4 Å². The first-order chi connectivity index (χ1) is 11.9. The summed E-state index contributed by atoms with van der Waals surface area (Å²) in [6.45, 7) is 7.62. The van der Waals surface area contributed by atoms with Crippen LogP contribution in [0.2, 0.25) is 5.02 Å². The predicted octanol–water partition coefficient (Wildman–Crippen LogP) is 3.69. The Morgan fingerprint density at radius 1 is 1.28 bits per heavy atom. The van der Waals surface area contributed by atoms with Crippen LogP contribution in [0, 0.1) is 0 Å². The van der Waals surface area contributed by atoms with Gasteiger partial charge in [0, 0.05) is 48.5 Å². The number of halogens is 1. The number of aliphatic imine (C=N–C) groups is 1. The molecule has 0 saturated carbocycles. The van der Waals surface area contributed by atoms with E-state index in [9.17, 15) is 0 Å². The van der Waals surface area contributed by atoms with Crippen molar-refractivity contribution in [2.24, 2.45) is 4.99 Å². The van der Waals surface area contributed by atoms with Crippen molar-refractivity contribution in [2.45, 2.75) is 36.9 Å². The van der Waals surface area contributed by atoms with Gasteiger partial charge in [0.05, 0.1) is 0 Å². The third kappa shape index (κ3) is 5.53. The molecule has 4 nitrogen and oxygen atoms in total. The Kier molecular flexibility index (Phi) is 7.47. The van der Waals surface area contributed by atoms with Gasteiger partial charge in [-0.2, -0.15) is 11.8 Å². The minimum atomic E-state index is -0.0246. The van der Waals surface area contributed by atoms with Crippen molar-refractivity contribution in [1.82, 2.24) is 10.6 Å². The Bertz CT molecular complexity index is 586. The van der Waals surface area contributed by atoms with Crippen molar-refractivity contribution in [2.75, 3.05) is 39.6 Å². The molecule has 1 saturated heterocycles. The summed E-state index contributed by atoms with van der Waals surface area (Å²) in [5.41, 5.74) is 1.18. The molecule has 0 aliphatic carbocycles. The topological polar surface area (TPSA) is 45.7 Å². The zero-order valence-electron chi connectivity index (χ0n) is 15.7. The Hall–Kier alpha value is -0.910. The van der Waals surface area contributed by atoms with Crippen LogP contribution in [-0.4, -0.2) is 50.3 Å². The number of benzene rings is 1. The summed E-state index contributed by atoms with van der Waals surface area (Å²) in [5.74, 6) is 0.833. The molecule has 25 heavy (non-hydrogen) atoms. The molecule has 0 spiro atoms. The van der Waals surface area contributed by atoms with Crippen molar-refractivity contribution in [1.29, 1.82) is 0 Å². The number of rotatable bonds is 6. The molecule has 0 bridgehead atoms. The molecule has 140 valence electrons. The largest absolute Gasteiger partial charge is 0.381 e. The molecule has 0 amide bonds. The highest BCUT2D eigenvalue weighted by molar-refractivity contribution is 7.99. The molecule has 0 atom stereocenters. The van der Waals surface area contributed by atoms with Gasteiger partial charge in [0.1, 0.15) is 0 Å². The van der Waals surface area contributed by atoms with Crippen LogP contribution in [0.1, 0.15) is 32.3 Å². The highest BCUT2D eigenvalue weighted by Gasteiger charge is 2.36. The average Bonchev–Trinajstić information content (AvgIpc) is 2.63. The maximum atomic E-state index is 6.52. The van der Waals surface area contributed by atoms with Crippen molar-refractivity contribution in [3.05, 3.63) is 34.9 Å². The third-order valence-electron chi connectivity index (χ3n) is 4.95. The van der Waals surface area contributed by atoms with Gasteiger partial charge in [-0.3, -0.25) is 4.99 Å². The maximum absolute atomic E-state index is 6.52. The van der Waals surface area contributed by atoms with Gasteiger partial charge in [-0.15, -0.1) is 0 Å². The normalized spacial score (nSPS) is 18.0. The van der Waals surface area contributed by atoms with Crippen LogP contribution < -0.4 is 10.6 Å². The van der Waals surface area contributed by atoms with Gasteiger partial charge in [-0.05, 0) is 44.6 Å². The van der Waals surface area contributed by atoms with Crippen LogP contribution in [0.15, 0.2) is 29.3 Å². The van der Waals surface area contributed by atoms with E-state index in [1.165, 1.54) is 5.56 Å². The van der Waals surface area contributed by atoms with Crippen LogP contribution in [-0.2, 0) is 10.2 Å². The van der Waals surface area contributed by atoms with Gasteiger partial charge in [0.2, 0.25) is 0 Å². The van der Waals surface area contributed by atoms with Gasteiger partial charge < -0.3 is 15.4 Å². The fraction of sp³-hybridized carbons (Fsp3) is 0.632. The van der Waals surface area contributed by atoms with Gasteiger partial charge >= 0.3 is 0 Å². The standard InChI is InChI=1S/C19H30ClN3OS/c1-18(2,25-4)13-22-17(21-3)23-14-19(9-11-24-12-10-19)15-7-5-6-8-16(15)20/h5-8H,9-14H2,1-4H3,(H2,21,22,23). The van der Waals surface area contributed by atoms with Gasteiger partial charge in [-0.1, -0.05) is 29.8 Å². The molecule has 1 aromatic rings. The molecule has 6 heteroatoms. The van der Waals surface area contributed by atoms with E-state index >= 15 is 0 Å². The average molecular weight is 384 g/mol. The fourth-order valence-corrected chi connectivity index (χ4v) is 3.59. The molecule has 2 rings (SSSR count). The summed E-state index contributed by atoms with van der Waals surface area (Å²) in [4.78, 5) is 4.38. The molecule has 1 aliphatic rings. The molecule has 0 unspecified atom stereocenters. The highest BCUT2D eigenvalue weighted by Crippen LogP contribution is 2.38. The van der Waals surface area contributed by atoms with Gasteiger partial charge in [-0.25, -0.2) is 0 Å². The van der Waals surface area contributed by atoms with Gasteiger partial charge in [0.15, 0.2) is 5.96 Å². The summed E-state index contributed by atoms with van der Waals surface area (Å²) in [7, 11) is 1.81. The summed E-state index contributed by atoms with van der Waals surface area (Å²) in [6, 6.07) is 8.16. The Labute approximate surface area is 161 Å². The molecule has 1 aromatic carbocycles. The summed E-state index contributed by atoms with van der Waals surface area (Å²) in [6.07, 6.45) is 4.04. The lowest BCUT2D eigenvalue weighted by Crippen LogP contribution is -2.49. The molecule has 1 fully saturated rings. The summed E-state index contributed by atoms with van der Waals surface area (Å²) < 4.78 is 5.77. The quantitative estimate of drug-likeness (QED) is 0.580. The second kappa shape index (κ2) is 9.15. The smallest absolute Gasteiger partial charge is 0.191 e. The zero-order valence-corrected chi connectivity index (χ0v) is 17.3. The molecule has 1 heterocycles.